The standard InChI is InChI=1S/C49H60FN7O10/c1-9-30-31-20-37(35(50)22-36(31)54-43-32(30)25-57-38(43)21-34-33(46(57)63)26-66-47(64)49(34,65)10-2)53-40(59)23-51-44(61)28(5)52-45(62)42(27(3)4)55-39(58)16-18-56(24-29-14-12-11-13-15-29)19-17-41(60)67-48(6,7)8/h11-15,20-22,27-28,42,65H,9-10,16-19,23-26H2,1-8H3,(H,51,61)(H,52,62)(H,53,59)(H,55,58)/t28-,42-,49-/m0/s1. The molecule has 4 amide bonds. The summed E-state index contributed by atoms with van der Waals surface area (Å²) >= 11 is 0. The van der Waals surface area contributed by atoms with E-state index in [1.807, 2.05) is 42.2 Å². The number of nitrogens with one attached hydrogen (secondary N) is 4. The molecule has 0 saturated carbocycles. The van der Waals surface area contributed by atoms with E-state index in [2.05, 4.69) is 21.3 Å². The van der Waals surface area contributed by atoms with E-state index in [1.54, 1.807) is 47.6 Å². The molecule has 0 fully saturated rings. The zero-order valence-electron chi connectivity index (χ0n) is 39.3. The molecule has 3 atom stereocenters. The van der Waals surface area contributed by atoms with Crippen LogP contribution in [0.5, 0.6) is 0 Å². The van der Waals surface area contributed by atoms with E-state index in [4.69, 9.17) is 14.5 Å². The predicted octanol–water partition coefficient (Wildman–Crippen LogP) is 4.11. The molecule has 17 nitrogen and oxygen atoms in total. The Kier molecular flexibility index (Phi) is 15.3. The molecule has 0 radical (unpaired) electrons. The fraction of sp³-hybridized carbons (Fsp3) is 0.469. The molecule has 358 valence electrons. The van der Waals surface area contributed by atoms with Crippen molar-refractivity contribution in [2.24, 2.45) is 5.92 Å². The lowest BCUT2D eigenvalue weighted by atomic mass is 9.86. The molecule has 4 heterocycles. The van der Waals surface area contributed by atoms with Crippen LogP contribution in [-0.4, -0.2) is 92.4 Å². The van der Waals surface area contributed by atoms with Crippen LogP contribution < -0.4 is 26.8 Å². The first-order chi connectivity index (χ1) is 31.6. The van der Waals surface area contributed by atoms with Gasteiger partial charge in [0.05, 0.1) is 47.7 Å². The minimum Gasteiger partial charge on any atom is -0.460 e. The Hall–Kier alpha value is -6.53. The van der Waals surface area contributed by atoms with E-state index < -0.39 is 70.8 Å². The number of anilines is 1. The van der Waals surface area contributed by atoms with Gasteiger partial charge in [-0.25, -0.2) is 14.2 Å². The van der Waals surface area contributed by atoms with Crippen LogP contribution in [0.25, 0.3) is 22.3 Å². The molecule has 2 aromatic carbocycles. The predicted molar refractivity (Wildman–Crippen MR) is 247 cm³/mol. The first kappa shape index (κ1) is 49.9. The molecular weight excluding hydrogens is 866 g/mol. The molecule has 6 rings (SSSR count). The Morgan fingerprint density at radius 3 is 2.31 bits per heavy atom. The zero-order chi connectivity index (χ0) is 49.0. The molecular formula is C49H60FN7O10. The third-order valence-electron chi connectivity index (χ3n) is 11.9. The highest BCUT2D eigenvalue weighted by Crippen LogP contribution is 2.41. The highest BCUT2D eigenvalue weighted by molar-refractivity contribution is 5.99. The molecule has 0 saturated heterocycles. The van der Waals surface area contributed by atoms with E-state index in [0.717, 1.165) is 17.2 Å². The van der Waals surface area contributed by atoms with Crippen LogP contribution in [0.2, 0.25) is 0 Å². The zero-order valence-corrected chi connectivity index (χ0v) is 39.3. The van der Waals surface area contributed by atoms with Crippen molar-refractivity contribution in [3.63, 3.8) is 0 Å². The summed E-state index contributed by atoms with van der Waals surface area (Å²) in [6.07, 6.45) is 0.595. The van der Waals surface area contributed by atoms with Crippen molar-refractivity contribution in [1.29, 1.82) is 0 Å². The number of hydrogen-bond acceptors (Lipinski definition) is 12. The van der Waals surface area contributed by atoms with Gasteiger partial charge in [-0.3, -0.25) is 33.7 Å². The van der Waals surface area contributed by atoms with Gasteiger partial charge >= 0.3 is 11.9 Å². The van der Waals surface area contributed by atoms with Crippen molar-refractivity contribution in [2.75, 3.05) is 25.0 Å². The number of halogens is 1. The third kappa shape index (κ3) is 11.4. The minimum atomic E-state index is -2.00. The second-order valence-corrected chi connectivity index (χ2v) is 18.4. The first-order valence-corrected chi connectivity index (χ1v) is 22.6. The van der Waals surface area contributed by atoms with Crippen molar-refractivity contribution in [3.8, 4) is 11.4 Å². The van der Waals surface area contributed by atoms with Gasteiger partial charge in [0.2, 0.25) is 23.6 Å². The molecule has 0 bridgehead atoms. The van der Waals surface area contributed by atoms with Crippen molar-refractivity contribution in [2.45, 2.75) is 124 Å². The second-order valence-electron chi connectivity index (χ2n) is 18.4. The largest absolute Gasteiger partial charge is 0.460 e. The maximum atomic E-state index is 15.7. The maximum Gasteiger partial charge on any atom is 0.343 e. The number of rotatable bonds is 18. The Balaban J connectivity index is 1.05. The molecule has 0 spiro atoms. The number of ether oxygens (including phenoxy) is 2. The van der Waals surface area contributed by atoms with Crippen LogP contribution in [0.3, 0.4) is 0 Å². The number of amides is 4. The van der Waals surface area contributed by atoms with Crippen LogP contribution in [0.4, 0.5) is 10.1 Å². The highest BCUT2D eigenvalue weighted by Gasteiger charge is 2.45. The number of aryl methyl sites for hydroxylation is 1. The van der Waals surface area contributed by atoms with Gasteiger partial charge in [0, 0.05) is 48.6 Å². The van der Waals surface area contributed by atoms with E-state index in [9.17, 15) is 38.7 Å². The van der Waals surface area contributed by atoms with E-state index in [0.29, 0.717) is 48.4 Å². The molecule has 2 aromatic heterocycles. The van der Waals surface area contributed by atoms with Crippen molar-refractivity contribution < 1.29 is 47.7 Å². The molecule has 0 unspecified atom stereocenters. The Morgan fingerprint density at radius 2 is 1.66 bits per heavy atom. The SMILES string of the molecule is CCc1c2c(nc3cc(F)c(NC(=O)CNC(=O)[C@H](C)NC(=O)[C@@H](NC(=O)CCN(CCC(=O)OC(C)(C)C)Cc4ccccc4)C(C)C)cc13)-c1cc3c(c(=O)n1C2)COC(=O)[C@]3(O)CC. The van der Waals surface area contributed by atoms with E-state index in [1.165, 1.54) is 17.6 Å². The summed E-state index contributed by atoms with van der Waals surface area (Å²) in [5.74, 6) is -4.81. The number of cyclic esters (lactones) is 1. The number of carbonyl (C=O) groups excluding carboxylic acids is 6. The average Bonchev–Trinajstić information content (AvgIpc) is 3.64. The van der Waals surface area contributed by atoms with Gasteiger partial charge < -0.3 is 40.4 Å². The summed E-state index contributed by atoms with van der Waals surface area (Å²) < 4.78 is 27.8. The monoisotopic (exact) mass is 925 g/mol. The molecule has 67 heavy (non-hydrogen) atoms. The molecule has 4 aromatic rings. The van der Waals surface area contributed by atoms with Crippen LogP contribution in [0.1, 0.15) is 102 Å². The summed E-state index contributed by atoms with van der Waals surface area (Å²) in [6.45, 7) is 14.3. The summed E-state index contributed by atoms with van der Waals surface area (Å²) in [5, 5.41) is 22.1. The molecule has 2 aliphatic heterocycles. The molecule has 5 N–H and O–H groups in total. The van der Waals surface area contributed by atoms with Crippen molar-refractivity contribution in [1.82, 2.24) is 30.4 Å². The van der Waals surface area contributed by atoms with Crippen LogP contribution in [0.15, 0.2) is 53.3 Å². The average molecular weight is 926 g/mol. The normalized spacial score (nSPS) is 16.1. The quantitative estimate of drug-likeness (QED) is 0.0784. The number of benzene rings is 2. The van der Waals surface area contributed by atoms with Gasteiger partial charge in [0.15, 0.2) is 5.60 Å². The summed E-state index contributed by atoms with van der Waals surface area (Å²) in [7, 11) is 0. The van der Waals surface area contributed by atoms with Crippen LogP contribution >= 0.6 is 0 Å². The summed E-state index contributed by atoms with van der Waals surface area (Å²) in [5.41, 5.74) is 0.617. The van der Waals surface area contributed by atoms with Crippen molar-refractivity contribution in [3.05, 3.63) is 92.5 Å². The third-order valence-corrected chi connectivity index (χ3v) is 11.9. The number of aliphatic hydroxyl groups is 1. The topological polar surface area (TPSA) is 227 Å². The van der Waals surface area contributed by atoms with Crippen LogP contribution in [-0.2, 0) is 70.0 Å². The van der Waals surface area contributed by atoms with E-state index in [-0.39, 0.29) is 66.6 Å². The minimum absolute atomic E-state index is 0.0159. The fourth-order valence-electron chi connectivity index (χ4n) is 8.36. The lowest BCUT2D eigenvalue weighted by Crippen LogP contribution is -2.55. The van der Waals surface area contributed by atoms with Gasteiger partial charge in [0.1, 0.15) is 30.1 Å². The molecule has 0 aliphatic carbocycles. The van der Waals surface area contributed by atoms with Gasteiger partial charge in [-0.15, -0.1) is 0 Å². The van der Waals surface area contributed by atoms with Crippen molar-refractivity contribution >= 4 is 52.2 Å². The maximum absolute atomic E-state index is 15.7. The lowest BCUT2D eigenvalue weighted by Gasteiger charge is -2.31. The number of carbonyl (C=O) groups is 6. The van der Waals surface area contributed by atoms with E-state index >= 15 is 4.39 Å². The van der Waals surface area contributed by atoms with Gasteiger partial charge in [-0.05, 0) is 69.7 Å². The van der Waals surface area contributed by atoms with Gasteiger partial charge in [-0.2, -0.15) is 0 Å². The first-order valence-electron chi connectivity index (χ1n) is 22.6. The Bertz CT molecular complexity index is 2640. The lowest BCUT2D eigenvalue weighted by molar-refractivity contribution is -0.172. The molecule has 2 aliphatic rings. The smallest absolute Gasteiger partial charge is 0.343 e. The Labute approximate surface area is 388 Å². The van der Waals surface area contributed by atoms with Crippen LogP contribution in [0, 0.1) is 11.7 Å². The number of pyridine rings is 2. The van der Waals surface area contributed by atoms with Gasteiger partial charge in [-0.1, -0.05) is 58.0 Å². The number of aromatic nitrogens is 2. The highest BCUT2D eigenvalue weighted by atomic mass is 19.1. The second kappa shape index (κ2) is 20.5. The summed E-state index contributed by atoms with van der Waals surface area (Å²) in [4.78, 5) is 98.3. The Morgan fingerprint density at radius 1 is 0.955 bits per heavy atom. The number of hydrogen-bond donors (Lipinski definition) is 5. The fourth-order valence-corrected chi connectivity index (χ4v) is 8.36. The number of fused-ring (bicyclic) bond motifs is 5. The molecule has 18 heteroatoms. The summed E-state index contributed by atoms with van der Waals surface area (Å²) in [6, 6.07) is 11.7. The number of nitrogens with zero attached hydrogens (tertiary/aromatic N) is 3. The van der Waals surface area contributed by atoms with Gasteiger partial charge in [0.25, 0.3) is 5.56 Å². The number of esters is 2.